The Balaban J connectivity index is 1.87. The van der Waals surface area contributed by atoms with E-state index in [0.717, 1.165) is 36.8 Å². The Kier molecular flexibility index (Phi) is 3.55. The topological polar surface area (TPSA) is 49.5 Å². The number of halogens is 1. The van der Waals surface area contributed by atoms with Crippen LogP contribution in [0.25, 0.3) is 0 Å². The van der Waals surface area contributed by atoms with Gasteiger partial charge in [0.15, 0.2) is 0 Å². The molecule has 0 saturated heterocycles. The van der Waals surface area contributed by atoms with Gasteiger partial charge in [-0.2, -0.15) is 0 Å². The Hall–Kier alpha value is -2.07. The van der Waals surface area contributed by atoms with Crippen molar-refractivity contribution in [2.45, 2.75) is 25.9 Å². The monoisotopic (exact) mass is 286 g/mol. The van der Waals surface area contributed by atoms with Crippen LogP contribution >= 0.6 is 0 Å². The van der Waals surface area contributed by atoms with Gasteiger partial charge < -0.3 is 10.8 Å². The average Bonchev–Trinajstić information content (AvgIpc) is 2.47. The van der Waals surface area contributed by atoms with Gasteiger partial charge in [-0.25, -0.2) is 4.39 Å². The number of rotatable bonds is 2. The molecule has 0 fully saturated rings. The van der Waals surface area contributed by atoms with Gasteiger partial charge in [0.2, 0.25) is 0 Å². The van der Waals surface area contributed by atoms with Gasteiger partial charge in [0.05, 0.1) is 0 Å². The van der Waals surface area contributed by atoms with Crippen molar-refractivity contribution >= 4 is 5.69 Å². The van der Waals surface area contributed by atoms with Gasteiger partial charge in [-0.15, -0.1) is 0 Å². The number of hydrogen-bond acceptors (Lipinski definition) is 3. The van der Waals surface area contributed by atoms with Crippen LogP contribution in [-0.2, 0) is 13.0 Å². The summed E-state index contributed by atoms with van der Waals surface area (Å²) in [6.07, 6.45) is 0.921. The van der Waals surface area contributed by atoms with Crippen molar-refractivity contribution in [3.8, 4) is 5.75 Å². The molecule has 4 heteroatoms. The van der Waals surface area contributed by atoms with E-state index in [2.05, 4.69) is 11.0 Å². The number of anilines is 1. The minimum Gasteiger partial charge on any atom is -0.508 e. The highest BCUT2D eigenvalue weighted by Gasteiger charge is 2.24. The lowest BCUT2D eigenvalue weighted by Crippen LogP contribution is -2.33. The van der Waals surface area contributed by atoms with E-state index in [9.17, 15) is 9.50 Å². The highest BCUT2D eigenvalue weighted by Crippen LogP contribution is 2.32. The van der Waals surface area contributed by atoms with Crippen molar-refractivity contribution in [3.63, 3.8) is 0 Å². The Morgan fingerprint density at radius 1 is 1.29 bits per heavy atom. The van der Waals surface area contributed by atoms with Crippen LogP contribution in [0, 0.1) is 5.82 Å². The standard InChI is InChI=1S/C17H19FN2O/c1-11(14-6-5-13(21)9-16(14)18)20-8-7-12-3-2-4-17(19)15(12)10-20/h2-6,9,11,21H,7-8,10,19H2,1H3. The lowest BCUT2D eigenvalue weighted by Gasteiger charge is -2.34. The SMILES string of the molecule is CC(c1ccc(O)cc1F)N1CCc2cccc(N)c2C1. The highest BCUT2D eigenvalue weighted by molar-refractivity contribution is 5.51. The van der Waals surface area contributed by atoms with Gasteiger partial charge in [-0.1, -0.05) is 18.2 Å². The molecule has 3 nitrogen and oxygen atoms in total. The predicted octanol–water partition coefficient (Wildman–Crippen LogP) is 3.23. The zero-order valence-corrected chi connectivity index (χ0v) is 12.0. The molecule has 1 atom stereocenters. The Morgan fingerprint density at radius 3 is 2.86 bits per heavy atom. The third-order valence-electron chi connectivity index (χ3n) is 4.32. The molecule has 0 radical (unpaired) electrons. The molecule has 3 N–H and O–H groups in total. The van der Waals surface area contributed by atoms with Crippen molar-refractivity contribution < 1.29 is 9.50 Å². The number of benzene rings is 2. The van der Waals surface area contributed by atoms with E-state index >= 15 is 0 Å². The van der Waals surface area contributed by atoms with Crippen molar-refractivity contribution in [1.82, 2.24) is 4.90 Å². The van der Waals surface area contributed by atoms with E-state index in [1.54, 1.807) is 6.07 Å². The number of fused-ring (bicyclic) bond motifs is 1. The Bertz CT molecular complexity index is 672. The molecule has 1 aliphatic heterocycles. The first-order valence-electron chi connectivity index (χ1n) is 7.15. The maximum Gasteiger partial charge on any atom is 0.131 e. The van der Waals surface area contributed by atoms with E-state index in [1.807, 2.05) is 19.1 Å². The number of phenols is 1. The fourth-order valence-electron chi connectivity index (χ4n) is 3.01. The number of nitrogen functional groups attached to an aromatic ring is 1. The van der Waals surface area contributed by atoms with Gasteiger partial charge in [-0.05, 0) is 36.6 Å². The molecule has 1 heterocycles. The minimum absolute atomic E-state index is 0.0447. The Morgan fingerprint density at radius 2 is 2.10 bits per heavy atom. The summed E-state index contributed by atoms with van der Waals surface area (Å²) in [5.41, 5.74) is 9.89. The molecule has 0 saturated carbocycles. The summed E-state index contributed by atoms with van der Waals surface area (Å²) in [7, 11) is 0. The summed E-state index contributed by atoms with van der Waals surface area (Å²) in [4.78, 5) is 2.22. The second-order valence-corrected chi connectivity index (χ2v) is 5.59. The van der Waals surface area contributed by atoms with Crippen molar-refractivity contribution in [3.05, 3.63) is 58.9 Å². The van der Waals surface area contributed by atoms with Gasteiger partial charge >= 0.3 is 0 Å². The van der Waals surface area contributed by atoms with Crippen LogP contribution in [0.1, 0.15) is 29.7 Å². The van der Waals surface area contributed by atoms with Gasteiger partial charge in [0.1, 0.15) is 11.6 Å². The normalized spacial score (nSPS) is 16.5. The number of hydrogen-bond donors (Lipinski definition) is 2. The number of phenolic OH excluding ortho intramolecular Hbond substituents is 1. The van der Waals surface area contributed by atoms with E-state index in [0.29, 0.717) is 5.56 Å². The first-order chi connectivity index (χ1) is 10.1. The number of nitrogens with two attached hydrogens (primary N) is 1. The van der Waals surface area contributed by atoms with Crippen LogP contribution in [0.3, 0.4) is 0 Å². The van der Waals surface area contributed by atoms with Crippen LogP contribution < -0.4 is 5.73 Å². The largest absolute Gasteiger partial charge is 0.508 e. The molecular weight excluding hydrogens is 267 g/mol. The summed E-state index contributed by atoms with van der Waals surface area (Å²) in [6, 6.07) is 10.3. The first kappa shape index (κ1) is 13.9. The molecule has 3 rings (SSSR count). The molecular formula is C17H19FN2O. The smallest absolute Gasteiger partial charge is 0.131 e. The fourth-order valence-corrected chi connectivity index (χ4v) is 3.01. The summed E-state index contributed by atoms with van der Waals surface area (Å²) >= 11 is 0. The lowest BCUT2D eigenvalue weighted by molar-refractivity contribution is 0.189. The molecule has 0 amide bonds. The summed E-state index contributed by atoms with van der Waals surface area (Å²) in [5, 5.41) is 9.33. The zero-order valence-electron chi connectivity index (χ0n) is 12.0. The van der Waals surface area contributed by atoms with Crippen LogP contribution in [0.4, 0.5) is 10.1 Å². The van der Waals surface area contributed by atoms with Gasteiger partial charge in [-0.3, -0.25) is 4.90 Å². The second kappa shape index (κ2) is 5.37. The summed E-state index contributed by atoms with van der Waals surface area (Å²) < 4.78 is 14.0. The van der Waals surface area contributed by atoms with Crippen molar-refractivity contribution in [2.24, 2.45) is 0 Å². The average molecular weight is 286 g/mol. The van der Waals surface area contributed by atoms with Crippen LogP contribution in [-0.4, -0.2) is 16.6 Å². The second-order valence-electron chi connectivity index (χ2n) is 5.59. The third-order valence-corrected chi connectivity index (χ3v) is 4.32. The van der Waals surface area contributed by atoms with E-state index in [4.69, 9.17) is 5.73 Å². The van der Waals surface area contributed by atoms with Gasteiger partial charge in [0, 0.05) is 36.4 Å². The molecule has 1 unspecified atom stereocenters. The number of nitrogens with zero attached hydrogens (tertiary/aromatic N) is 1. The van der Waals surface area contributed by atoms with E-state index in [1.165, 1.54) is 11.6 Å². The quantitative estimate of drug-likeness (QED) is 0.833. The van der Waals surface area contributed by atoms with E-state index in [-0.39, 0.29) is 17.6 Å². The molecule has 2 aromatic carbocycles. The molecule has 0 aromatic heterocycles. The Labute approximate surface area is 123 Å². The first-order valence-corrected chi connectivity index (χ1v) is 7.15. The third kappa shape index (κ3) is 2.59. The maximum absolute atomic E-state index is 14.0. The molecule has 21 heavy (non-hydrogen) atoms. The van der Waals surface area contributed by atoms with Crippen LogP contribution in [0.2, 0.25) is 0 Å². The summed E-state index contributed by atoms with van der Waals surface area (Å²) in [6.45, 7) is 3.58. The predicted molar refractivity (Wildman–Crippen MR) is 81.4 cm³/mol. The van der Waals surface area contributed by atoms with Crippen LogP contribution in [0.15, 0.2) is 36.4 Å². The van der Waals surface area contributed by atoms with Gasteiger partial charge in [0.25, 0.3) is 0 Å². The molecule has 110 valence electrons. The molecule has 0 bridgehead atoms. The molecule has 2 aromatic rings. The maximum atomic E-state index is 14.0. The summed E-state index contributed by atoms with van der Waals surface area (Å²) in [5.74, 6) is -0.411. The minimum atomic E-state index is -0.366. The molecule has 1 aliphatic rings. The molecule has 0 spiro atoms. The highest BCUT2D eigenvalue weighted by atomic mass is 19.1. The van der Waals surface area contributed by atoms with E-state index < -0.39 is 0 Å². The fraction of sp³-hybridized carbons (Fsp3) is 0.294. The molecule has 0 aliphatic carbocycles. The lowest BCUT2D eigenvalue weighted by atomic mass is 9.95. The van der Waals surface area contributed by atoms with Crippen LogP contribution in [0.5, 0.6) is 5.75 Å². The number of aromatic hydroxyl groups is 1. The van der Waals surface area contributed by atoms with Crippen molar-refractivity contribution in [2.75, 3.05) is 12.3 Å². The van der Waals surface area contributed by atoms with Crippen molar-refractivity contribution in [1.29, 1.82) is 0 Å². The zero-order chi connectivity index (χ0) is 15.0.